The minimum Gasteiger partial charge on any atom is -0.491 e. The van der Waals surface area contributed by atoms with Crippen molar-refractivity contribution in [2.24, 2.45) is 0 Å². The highest BCUT2D eigenvalue weighted by molar-refractivity contribution is 8.03. The predicted molar refractivity (Wildman–Crippen MR) is 127 cm³/mol. The van der Waals surface area contributed by atoms with Gasteiger partial charge in [0.1, 0.15) is 5.75 Å². The van der Waals surface area contributed by atoms with Crippen molar-refractivity contribution in [1.82, 2.24) is 9.88 Å². The van der Waals surface area contributed by atoms with Gasteiger partial charge in [0.05, 0.1) is 23.1 Å². The molecule has 162 valence electrons. The molecule has 4 rings (SSSR count). The van der Waals surface area contributed by atoms with Crippen LogP contribution in [0.5, 0.6) is 5.75 Å². The third-order valence-electron chi connectivity index (χ3n) is 4.96. The van der Waals surface area contributed by atoms with E-state index in [0.29, 0.717) is 21.8 Å². The largest absolute Gasteiger partial charge is 0.491 e. The van der Waals surface area contributed by atoms with Gasteiger partial charge in [-0.3, -0.25) is 19.5 Å². The van der Waals surface area contributed by atoms with E-state index < -0.39 is 0 Å². The van der Waals surface area contributed by atoms with Gasteiger partial charge in [-0.2, -0.15) is 0 Å². The van der Waals surface area contributed by atoms with Crippen LogP contribution in [0.4, 0.5) is 0 Å². The number of hydrogen-bond donors (Lipinski definition) is 0. The highest BCUT2D eigenvalue weighted by Gasteiger charge is 2.39. The standard InChI is InChI=1S/C26H24N2O3S/c1-18(2)31-22-10-8-21(9-11-22)23-24(32-17-20-6-4-3-5-7-20)26(30)28(25(23)29)16-19-12-14-27-15-13-19/h3-15,18H,16-17H2,1-2H3. The van der Waals surface area contributed by atoms with Crippen LogP contribution in [0.15, 0.2) is 84.0 Å². The predicted octanol–water partition coefficient (Wildman–Crippen LogP) is 5.08. The number of ether oxygens (including phenoxy) is 1. The molecule has 0 unspecified atom stereocenters. The molecule has 0 aliphatic carbocycles. The molecule has 0 spiro atoms. The number of rotatable bonds is 8. The molecule has 2 aromatic carbocycles. The summed E-state index contributed by atoms with van der Waals surface area (Å²) in [6.45, 7) is 4.14. The number of aromatic nitrogens is 1. The van der Waals surface area contributed by atoms with Crippen LogP contribution in [0.1, 0.15) is 30.5 Å². The number of carbonyl (C=O) groups is 2. The van der Waals surface area contributed by atoms with Crippen LogP contribution >= 0.6 is 11.8 Å². The molecule has 1 aliphatic rings. The molecule has 0 saturated carbocycles. The first-order chi connectivity index (χ1) is 15.5. The summed E-state index contributed by atoms with van der Waals surface area (Å²) in [5.41, 5.74) is 3.11. The van der Waals surface area contributed by atoms with Crippen molar-refractivity contribution >= 4 is 29.1 Å². The van der Waals surface area contributed by atoms with Gasteiger partial charge in [0.2, 0.25) is 0 Å². The summed E-state index contributed by atoms with van der Waals surface area (Å²) >= 11 is 1.41. The summed E-state index contributed by atoms with van der Waals surface area (Å²) in [6.07, 6.45) is 3.38. The second-order valence-corrected chi connectivity index (χ2v) is 8.71. The van der Waals surface area contributed by atoms with Gasteiger partial charge in [-0.25, -0.2) is 0 Å². The average molecular weight is 445 g/mol. The van der Waals surface area contributed by atoms with Crippen molar-refractivity contribution in [3.05, 3.63) is 101 Å². The van der Waals surface area contributed by atoms with Crippen molar-refractivity contribution in [3.63, 3.8) is 0 Å². The number of benzene rings is 2. The van der Waals surface area contributed by atoms with E-state index in [-0.39, 0.29) is 24.5 Å². The maximum atomic E-state index is 13.4. The third-order valence-corrected chi connectivity index (χ3v) is 6.10. The molecule has 6 heteroatoms. The third kappa shape index (κ3) is 4.92. The van der Waals surface area contributed by atoms with E-state index in [1.807, 2.05) is 80.6 Å². The molecule has 0 radical (unpaired) electrons. The summed E-state index contributed by atoms with van der Waals surface area (Å²) < 4.78 is 5.72. The highest BCUT2D eigenvalue weighted by Crippen LogP contribution is 2.38. The molecule has 1 aliphatic heterocycles. The Morgan fingerprint density at radius 3 is 2.22 bits per heavy atom. The van der Waals surface area contributed by atoms with E-state index >= 15 is 0 Å². The van der Waals surface area contributed by atoms with E-state index in [9.17, 15) is 9.59 Å². The van der Waals surface area contributed by atoms with Gasteiger partial charge in [0.25, 0.3) is 11.8 Å². The number of thioether (sulfide) groups is 1. The van der Waals surface area contributed by atoms with E-state index in [1.165, 1.54) is 16.7 Å². The normalized spacial score (nSPS) is 13.9. The van der Waals surface area contributed by atoms with Crippen LogP contribution in [-0.4, -0.2) is 27.8 Å². The summed E-state index contributed by atoms with van der Waals surface area (Å²) in [5.74, 6) is 0.800. The van der Waals surface area contributed by atoms with Gasteiger partial charge in [-0.15, -0.1) is 11.8 Å². The van der Waals surface area contributed by atoms with Gasteiger partial charge >= 0.3 is 0 Å². The molecule has 0 atom stereocenters. The Kier molecular flexibility index (Phi) is 6.71. The minimum atomic E-state index is -0.278. The zero-order valence-corrected chi connectivity index (χ0v) is 18.8. The highest BCUT2D eigenvalue weighted by atomic mass is 32.2. The van der Waals surface area contributed by atoms with E-state index in [2.05, 4.69) is 4.98 Å². The molecule has 5 nitrogen and oxygen atoms in total. The summed E-state index contributed by atoms with van der Waals surface area (Å²) in [4.78, 5) is 32.5. The zero-order chi connectivity index (χ0) is 22.5. The van der Waals surface area contributed by atoms with E-state index in [0.717, 1.165) is 16.9 Å². The van der Waals surface area contributed by atoms with Crippen LogP contribution in [-0.2, 0) is 21.9 Å². The summed E-state index contributed by atoms with van der Waals surface area (Å²) in [6, 6.07) is 20.9. The molecule has 2 amide bonds. The van der Waals surface area contributed by atoms with Gasteiger partial charge < -0.3 is 4.74 Å². The molecule has 0 N–H and O–H groups in total. The second kappa shape index (κ2) is 9.83. The molecule has 0 fully saturated rings. The lowest BCUT2D eigenvalue weighted by Crippen LogP contribution is -2.30. The van der Waals surface area contributed by atoms with Gasteiger partial charge in [0.15, 0.2) is 0 Å². The fourth-order valence-electron chi connectivity index (χ4n) is 3.46. The molecule has 0 bridgehead atoms. The lowest BCUT2D eigenvalue weighted by molar-refractivity contribution is -0.137. The number of amides is 2. The van der Waals surface area contributed by atoms with Gasteiger partial charge in [-0.1, -0.05) is 42.5 Å². The average Bonchev–Trinajstić information content (AvgIpc) is 3.03. The van der Waals surface area contributed by atoms with Crippen molar-refractivity contribution in [2.75, 3.05) is 0 Å². The molecule has 0 saturated heterocycles. The lowest BCUT2D eigenvalue weighted by atomic mass is 10.1. The van der Waals surface area contributed by atoms with Crippen LogP contribution in [0.25, 0.3) is 5.57 Å². The van der Waals surface area contributed by atoms with Gasteiger partial charge in [-0.05, 0) is 54.8 Å². The summed E-state index contributed by atoms with van der Waals surface area (Å²) in [5, 5.41) is 0. The summed E-state index contributed by atoms with van der Waals surface area (Å²) in [7, 11) is 0. The van der Waals surface area contributed by atoms with Crippen LogP contribution in [0.2, 0.25) is 0 Å². The maximum absolute atomic E-state index is 13.4. The lowest BCUT2D eigenvalue weighted by Gasteiger charge is -2.15. The smallest absolute Gasteiger partial charge is 0.268 e. The SMILES string of the molecule is CC(C)Oc1ccc(C2=C(SCc3ccccc3)C(=O)N(Cc3ccncc3)C2=O)cc1. The zero-order valence-electron chi connectivity index (χ0n) is 18.0. The number of imide groups is 1. The number of hydrogen-bond acceptors (Lipinski definition) is 5. The minimum absolute atomic E-state index is 0.0580. The van der Waals surface area contributed by atoms with Crippen LogP contribution < -0.4 is 4.74 Å². The molecular weight excluding hydrogens is 420 g/mol. The molecule has 3 aromatic rings. The van der Waals surface area contributed by atoms with E-state index in [1.54, 1.807) is 12.4 Å². The van der Waals surface area contributed by atoms with Crippen LogP contribution in [0.3, 0.4) is 0 Å². The Labute approximate surface area is 192 Å². The Morgan fingerprint density at radius 2 is 1.56 bits per heavy atom. The van der Waals surface area contributed by atoms with Crippen molar-refractivity contribution in [1.29, 1.82) is 0 Å². The van der Waals surface area contributed by atoms with E-state index in [4.69, 9.17) is 4.74 Å². The second-order valence-electron chi connectivity index (χ2n) is 7.72. The molecule has 2 heterocycles. The Bertz CT molecular complexity index is 1130. The quantitative estimate of drug-likeness (QED) is 0.454. The van der Waals surface area contributed by atoms with Crippen molar-refractivity contribution < 1.29 is 14.3 Å². The first kappa shape index (κ1) is 21.8. The Balaban J connectivity index is 1.65. The maximum Gasteiger partial charge on any atom is 0.268 e. The van der Waals surface area contributed by atoms with Crippen LogP contribution in [0, 0.1) is 0 Å². The fraction of sp³-hybridized carbons (Fsp3) is 0.192. The topological polar surface area (TPSA) is 59.5 Å². The number of nitrogens with zero attached hydrogens (tertiary/aromatic N) is 2. The van der Waals surface area contributed by atoms with Gasteiger partial charge in [0, 0.05) is 18.1 Å². The monoisotopic (exact) mass is 444 g/mol. The van der Waals surface area contributed by atoms with Crippen molar-refractivity contribution in [2.45, 2.75) is 32.2 Å². The Morgan fingerprint density at radius 1 is 0.875 bits per heavy atom. The fourth-order valence-corrected chi connectivity index (χ4v) is 4.55. The molecular formula is C26H24N2O3S. The first-order valence-corrected chi connectivity index (χ1v) is 11.4. The Hall–Kier alpha value is -3.38. The molecule has 32 heavy (non-hydrogen) atoms. The number of carbonyl (C=O) groups excluding carboxylic acids is 2. The van der Waals surface area contributed by atoms with Crippen molar-refractivity contribution in [3.8, 4) is 5.75 Å². The first-order valence-electron chi connectivity index (χ1n) is 10.5. The number of pyridine rings is 1. The molecule has 1 aromatic heterocycles.